The highest BCUT2D eigenvalue weighted by atomic mass is 16.2. The zero-order valence-electron chi connectivity index (χ0n) is 19.6. The Balaban J connectivity index is 1.52. The van der Waals surface area contributed by atoms with E-state index in [9.17, 15) is 9.59 Å². The fourth-order valence-corrected chi connectivity index (χ4v) is 4.79. The molecule has 4 aromatic rings. The molecule has 1 atom stereocenters. The van der Waals surface area contributed by atoms with Crippen LogP contribution < -0.4 is 5.32 Å². The predicted molar refractivity (Wildman–Crippen MR) is 134 cm³/mol. The molecule has 5 heteroatoms. The van der Waals surface area contributed by atoms with Gasteiger partial charge in [0.1, 0.15) is 11.2 Å². The molecule has 0 aliphatic carbocycles. The molecule has 172 valence electrons. The number of benzene rings is 3. The second-order valence-corrected chi connectivity index (χ2v) is 9.18. The number of carbonyl (C=O) groups is 2. The monoisotopic (exact) mass is 451 g/mol. The lowest BCUT2D eigenvalue weighted by molar-refractivity contribution is -0.133. The summed E-state index contributed by atoms with van der Waals surface area (Å²) in [6, 6.07) is 28.0. The van der Waals surface area contributed by atoms with Crippen molar-refractivity contribution >= 4 is 22.7 Å². The quantitative estimate of drug-likeness (QED) is 0.452. The van der Waals surface area contributed by atoms with Gasteiger partial charge in [0.15, 0.2) is 0 Å². The molecule has 1 N–H and O–H groups in total. The average molecular weight is 452 g/mol. The van der Waals surface area contributed by atoms with Gasteiger partial charge in [0.05, 0.1) is 6.54 Å². The highest BCUT2D eigenvalue weighted by Crippen LogP contribution is 2.33. The first-order valence-corrected chi connectivity index (χ1v) is 11.8. The lowest BCUT2D eigenvalue weighted by Crippen LogP contribution is -2.63. The molecule has 0 unspecified atom stereocenters. The summed E-state index contributed by atoms with van der Waals surface area (Å²) >= 11 is 0. The van der Waals surface area contributed by atoms with E-state index in [2.05, 4.69) is 36.5 Å². The molecule has 34 heavy (non-hydrogen) atoms. The number of amides is 2. The average Bonchev–Trinajstić information content (AvgIpc) is 3.24. The molecule has 0 saturated carbocycles. The van der Waals surface area contributed by atoms with Gasteiger partial charge in [-0.2, -0.15) is 0 Å². The van der Waals surface area contributed by atoms with Crippen LogP contribution in [0, 0.1) is 0 Å². The first-order chi connectivity index (χ1) is 16.5. The number of hydrogen-bond donors (Lipinski definition) is 1. The third-order valence-electron chi connectivity index (χ3n) is 6.89. The largest absolute Gasteiger partial charge is 0.350 e. The van der Waals surface area contributed by atoms with Crippen LogP contribution in [0.4, 0.5) is 0 Å². The first-order valence-electron chi connectivity index (χ1n) is 11.8. The minimum absolute atomic E-state index is 0.126. The van der Waals surface area contributed by atoms with Crippen LogP contribution in [0.2, 0.25) is 0 Å². The van der Waals surface area contributed by atoms with E-state index in [0.717, 1.165) is 28.5 Å². The van der Waals surface area contributed by atoms with E-state index in [1.807, 2.05) is 72.2 Å². The Labute approximate surface area is 200 Å². The molecule has 0 bridgehead atoms. The summed E-state index contributed by atoms with van der Waals surface area (Å²) in [5, 5.41) is 4.10. The Morgan fingerprint density at radius 2 is 1.59 bits per heavy atom. The third-order valence-corrected chi connectivity index (χ3v) is 6.89. The van der Waals surface area contributed by atoms with E-state index in [-0.39, 0.29) is 11.8 Å². The SMILES string of the molecule is CCc1ccc(CN2C(=O)c3cc4ccccc4n3C[C@@]2(C)C(=O)NCc2ccccc2)cc1. The highest BCUT2D eigenvalue weighted by Gasteiger charge is 2.47. The van der Waals surface area contributed by atoms with Crippen LogP contribution in [0.1, 0.15) is 41.0 Å². The van der Waals surface area contributed by atoms with Crippen molar-refractivity contribution in [2.24, 2.45) is 0 Å². The van der Waals surface area contributed by atoms with E-state index < -0.39 is 5.54 Å². The summed E-state index contributed by atoms with van der Waals surface area (Å²) in [6.45, 7) is 5.19. The van der Waals surface area contributed by atoms with Crippen molar-refractivity contribution in [2.75, 3.05) is 0 Å². The Kier molecular flexibility index (Phi) is 5.70. The van der Waals surface area contributed by atoms with E-state index in [1.54, 1.807) is 4.90 Å². The summed E-state index contributed by atoms with van der Waals surface area (Å²) < 4.78 is 2.00. The van der Waals surface area contributed by atoms with E-state index in [0.29, 0.717) is 25.3 Å². The van der Waals surface area contributed by atoms with Crippen LogP contribution in [0.3, 0.4) is 0 Å². The number of para-hydroxylation sites is 1. The zero-order valence-corrected chi connectivity index (χ0v) is 19.6. The van der Waals surface area contributed by atoms with Crippen molar-refractivity contribution in [1.29, 1.82) is 0 Å². The summed E-state index contributed by atoms with van der Waals surface area (Å²) in [6.07, 6.45) is 0.961. The smallest absolute Gasteiger partial charge is 0.271 e. The van der Waals surface area contributed by atoms with Gasteiger partial charge in [0, 0.05) is 24.0 Å². The molecule has 0 fully saturated rings. The number of rotatable bonds is 6. The summed E-state index contributed by atoms with van der Waals surface area (Å²) in [7, 11) is 0. The number of nitrogens with zero attached hydrogens (tertiary/aromatic N) is 2. The van der Waals surface area contributed by atoms with Gasteiger partial charge in [-0.3, -0.25) is 9.59 Å². The molecule has 1 aliphatic rings. The first kappa shape index (κ1) is 22.0. The Morgan fingerprint density at radius 1 is 0.912 bits per heavy atom. The number of carbonyl (C=O) groups excluding carboxylic acids is 2. The van der Waals surface area contributed by atoms with Crippen LogP contribution in [0.5, 0.6) is 0 Å². The second kappa shape index (κ2) is 8.82. The van der Waals surface area contributed by atoms with Crippen molar-refractivity contribution in [3.8, 4) is 0 Å². The minimum atomic E-state index is -1.04. The molecule has 1 aliphatic heterocycles. The Bertz CT molecular complexity index is 1340. The van der Waals surface area contributed by atoms with E-state index in [1.165, 1.54) is 5.56 Å². The molecule has 3 aromatic carbocycles. The van der Waals surface area contributed by atoms with Gasteiger partial charge < -0.3 is 14.8 Å². The van der Waals surface area contributed by atoms with Gasteiger partial charge in [0.2, 0.25) is 5.91 Å². The van der Waals surface area contributed by atoms with Crippen molar-refractivity contribution in [1.82, 2.24) is 14.8 Å². The van der Waals surface area contributed by atoms with Gasteiger partial charge in [-0.15, -0.1) is 0 Å². The lowest BCUT2D eigenvalue weighted by atomic mass is 9.93. The fourth-order valence-electron chi connectivity index (χ4n) is 4.79. The molecule has 2 amide bonds. The van der Waals surface area contributed by atoms with Crippen LogP contribution in [-0.2, 0) is 30.8 Å². The van der Waals surface area contributed by atoms with Crippen LogP contribution in [0.15, 0.2) is 84.9 Å². The molecule has 0 spiro atoms. The number of fused-ring (bicyclic) bond motifs is 3. The summed E-state index contributed by atoms with van der Waals surface area (Å²) in [4.78, 5) is 29.3. The van der Waals surface area contributed by atoms with E-state index >= 15 is 0 Å². The van der Waals surface area contributed by atoms with Gasteiger partial charge in [-0.25, -0.2) is 0 Å². The molecule has 5 nitrogen and oxygen atoms in total. The van der Waals surface area contributed by atoms with Gasteiger partial charge in [-0.1, -0.05) is 79.7 Å². The van der Waals surface area contributed by atoms with Crippen molar-refractivity contribution in [3.05, 3.63) is 107 Å². The fraction of sp³-hybridized carbons (Fsp3) is 0.241. The maximum Gasteiger partial charge on any atom is 0.271 e. The Morgan fingerprint density at radius 3 is 2.32 bits per heavy atom. The third kappa shape index (κ3) is 3.87. The lowest BCUT2D eigenvalue weighted by Gasteiger charge is -2.44. The zero-order chi connectivity index (χ0) is 23.7. The van der Waals surface area contributed by atoms with Crippen LogP contribution >= 0.6 is 0 Å². The minimum Gasteiger partial charge on any atom is -0.350 e. The van der Waals surface area contributed by atoms with Gasteiger partial charge in [0.25, 0.3) is 5.91 Å². The standard InChI is InChI=1S/C29H29N3O2/c1-3-21-13-15-23(16-14-21)19-32-27(33)26-17-24-11-7-8-12-25(24)31(26)20-29(32,2)28(34)30-18-22-9-5-4-6-10-22/h4-17H,3,18-20H2,1-2H3,(H,30,34)/t29-/m0/s1. The van der Waals surface area contributed by atoms with Crippen LogP contribution in [-0.4, -0.2) is 26.8 Å². The normalized spacial score (nSPS) is 17.6. The maximum absolute atomic E-state index is 13.8. The molecule has 1 aromatic heterocycles. The van der Waals surface area contributed by atoms with Crippen LogP contribution in [0.25, 0.3) is 10.9 Å². The maximum atomic E-state index is 13.8. The molecule has 2 heterocycles. The molecular formula is C29H29N3O2. The van der Waals surface area contributed by atoms with E-state index in [4.69, 9.17) is 0 Å². The van der Waals surface area contributed by atoms with Crippen molar-refractivity contribution < 1.29 is 9.59 Å². The summed E-state index contributed by atoms with van der Waals surface area (Å²) in [5.41, 5.74) is 3.84. The molecule has 5 rings (SSSR count). The molecular weight excluding hydrogens is 422 g/mol. The summed E-state index contributed by atoms with van der Waals surface area (Å²) in [5.74, 6) is -0.280. The second-order valence-electron chi connectivity index (χ2n) is 9.18. The molecule has 0 saturated heterocycles. The number of aryl methyl sites for hydroxylation is 1. The molecule has 0 radical (unpaired) electrons. The van der Waals surface area contributed by atoms with Crippen molar-refractivity contribution in [3.63, 3.8) is 0 Å². The highest BCUT2D eigenvalue weighted by molar-refractivity contribution is 6.03. The van der Waals surface area contributed by atoms with Crippen molar-refractivity contribution in [2.45, 2.75) is 45.4 Å². The number of nitrogens with one attached hydrogen (secondary N) is 1. The Hall–Kier alpha value is -3.86. The number of hydrogen-bond acceptors (Lipinski definition) is 2. The number of aromatic nitrogens is 1. The van der Waals surface area contributed by atoms with Gasteiger partial charge in [-0.05, 0) is 42.2 Å². The predicted octanol–water partition coefficient (Wildman–Crippen LogP) is 4.93. The topological polar surface area (TPSA) is 54.3 Å². The van der Waals surface area contributed by atoms with Gasteiger partial charge >= 0.3 is 0 Å².